The van der Waals surface area contributed by atoms with Gasteiger partial charge in [-0.2, -0.15) is 0 Å². The fourth-order valence-corrected chi connectivity index (χ4v) is 4.22. The Hall–Kier alpha value is -1.57. The van der Waals surface area contributed by atoms with E-state index in [1.807, 2.05) is 36.1 Å². The molecule has 1 aliphatic carbocycles. The number of rotatable bonds is 9. The van der Waals surface area contributed by atoms with Crippen LogP contribution >= 0.6 is 11.8 Å². The van der Waals surface area contributed by atoms with E-state index >= 15 is 0 Å². The molecule has 2 fully saturated rings. The maximum absolute atomic E-state index is 12.4. The SMILES string of the molecule is Cc1cccc(NC(=O)CSCC(=O)N2CCC(CO)(NCC3CC3)CC2)c1. The van der Waals surface area contributed by atoms with Crippen LogP contribution in [0.1, 0.15) is 31.2 Å². The summed E-state index contributed by atoms with van der Waals surface area (Å²) in [5, 5.41) is 16.2. The number of aryl methyl sites for hydroxylation is 1. The van der Waals surface area contributed by atoms with Crippen LogP contribution < -0.4 is 10.6 Å². The van der Waals surface area contributed by atoms with E-state index < -0.39 is 0 Å². The lowest BCUT2D eigenvalue weighted by Crippen LogP contribution is -2.57. The highest BCUT2D eigenvalue weighted by atomic mass is 32.2. The van der Waals surface area contributed by atoms with E-state index in [-0.39, 0.29) is 29.7 Å². The Morgan fingerprint density at radius 1 is 1.25 bits per heavy atom. The third-order valence-electron chi connectivity index (χ3n) is 5.60. The Kier molecular flexibility index (Phi) is 7.37. The van der Waals surface area contributed by atoms with Crippen molar-refractivity contribution in [2.45, 2.75) is 38.1 Å². The maximum Gasteiger partial charge on any atom is 0.234 e. The van der Waals surface area contributed by atoms with E-state index in [1.54, 1.807) is 0 Å². The first-order valence-electron chi connectivity index (χ1n) is 10.1. The van der Waals surface area contributed by atoms with Crippen molar-refractivity contribution in [3.05, 3.63) is 29.8 Å². The summed E-state index contributed by atoms with van der Waals surface area (Å²) in [5.74, 6) is 1.32. The molecule has 0 bridgehead atoms. The van der Waals surface area contributed by atoms with Crippen LogP contribution in [0.25, 0.3) is 0 Å². The Morgan fingerprint density at radius 3 is 2.64 bits per heavy atom. The minimum atomic E-state index is -0.236. The van der Waals surface area contributed by atoms with Crippen LogP contribution in [-0.4, -0.2) is 65.1 Å². The number of benzene rings is 1. The van der Waals surface area contributed by atoms with Gasteiger partial charge in [-0.15, -0.1) is 11.8 Å². The molecule has 28 heavy (non-hydrogen) atoms. The third-order valence-corrected chi connectivity index (χ3v) is 6.52. The van der Waals surface area contributed by atoms with Gasteiger partial charge in [0.05, 0.1) is 18.1 Å². The first kappa shape index (κ1) is 21.1. The van der Waals surface area contributed by atoms with Gasteiger partial charge in [0.25, 0.3) is 0 Å². The van der Waals surface area contributed by atoms with Crippen molar-refractivity contribution in [3.63, 3.8) is 0 Å². The van der Waals surface area contributed by atoms with E-state index in [1.165, 1.54) is 24.6 Å². The number of piperidine rings is 1. The molecule has 0 aromatic heterocycles. The van der Waals surface area contributed by atoms with Gasteiger partial charge in [-0.1, -0.05) is 12.1 Å². The summed E-state index contributed by atoms with van der Waals surface area (Å²) >= 11 is 1.35. The summed E-state index contributed by atoms with van der Waals surface area (Å²) in [4.78, 5) is 26.4. The molecule has 7 heteroatoms. The zero-order valence-corrected chi connectivity index (χ0v) is 17.4. The van der Waals surface area contributed by atoms with E-state index in [4.69, 9.17) is 0 Å². The van der Waals surface area contributed by atoms with Crippen molar-refractivity contribution < 1.29 is 14.7 Å². The number of carbonyl (C=O) groups excluding carboxylic acids is 2. The molecule has 1 aromatic rings. The molecule has 2 amide bonds. The molecule has 3 rings (SSSR count). The average Bonchev–Trinajstić information content (AvgIpc) is 3.51. The molecule has 1 aliphatic heterocycles. The second-order valence-corrected chi connectivity index (χ2v) is 9.04. The van der Waals surface area contributed by atoms with Gasteiger partial charge in [-0.05, 0) is 62.8 Å². The van der Waals surface area contributed by atoms with Crippen molar-refractivity contribution >= 4 is 29.3 Å². The van der Waals surface area contributed by atoms with Crippen molar-refractivity contribution in [3.8, 4) is 0 Å². The average molecular weight is 406 g/mol. The highest BCUT2D eigenvalue weighted by molar-refractivity contribution is 8.00. The number of aliphatic hydroxyl groups is 1. The van der Waals surface area contributed by atoms with E-state index in [9.17, 15) is 14.7 Å². The summed E-state index contributed by atoms with van der Waals surface area (Å²) in [6, 6.07) is 7.67. The largest absolute Gasteiger partial charge is 0.394 e. The first-order chi connectivity index (χ1) is 13.5. The Bertz CT molecular complexity index is 685. The highest BCUT2D eigenvalue weighted by Gasteiger charge is 2.36. The van der Waals surface area contributed by atoms with E-state index in [0.29, 0.717) is 18.8 Å². The number of nitrogens with zero attached hydrogens (tertiary/aromatic N) is 1. The molecule has 1 heterocycles. The quantitative estimate of drug-likeness (QED) is 0.586. The lowest BCUT2D eigenvalue weighted by atomic mass is 9.88. The zero-order valence-electron chi connectivity index (χ0n) is 16.6. The molecule has 1 saturated heterocycles. The van der Waals surface area contributed by atoms with Gasteiger partial charge in [0.15, 0.2) is 0 Å². The molecule has 3 N–H and O–H groups in total. The zero-order chi connectivity index (χ0) is 20.0. The number of amides is 2. The molecule has 0 atom stereocenters. The third kappa shape index (κ3) is 6.22. The predicted octanol–water partition coefficient (Wildman–Crippen LogP) is 2.02. The summed E-state index contributed by atoms with van der Waals surface area (Å²) in [6.07, 6.45) is 4.13. The number of carbonyl (C=O) groups is 2. The number of hydrogen-bond donors (Lipinski definition) is 3. The number of thioether (sulfide) groups is 1. The van der Waals surface area contributed by atoms with Gasteiger partial charge in [0.1, 0.15) is 0 Å². The molecular formula is C21H31N3O3S. The lowest BCUT2D eigenvalue weighted by molar-refractivity contribution is -0.130. The number of likely N-dealkylation sites (tertiary alicyclic amines) is 1. The minimum absolute atomic E-state index is 0.0714. The first-order valence-corrected chi connectivity index (χ1v) is 11.2. The summed E-state index contributed by atoms with van der Waals surface area (Å²) in [6.45, 7) is 4.39. The van der Waals surface area contributed by atoms with Crippen LogP contribution in [0, 0.1) is 12.8 Å². The molecular weight excluding hydrogens is 374 g/mol. The second kappa shape index (κ2) is 9.76. The number of hydrogen-bond acceptors (Lipinski definition) is 5. The van der Waals surface area contributed by atoms with Crippen LogP contribution in [-0.2, 0) is 9.59 Å². The van der Waals surface area contributed by atoms with Gasteiger partial charge in [-0.25, -0.2) is 0 Å². The summed E-state index contributed by atoms with van der Waals surface area (Å²) in [7, 11) is 0. The smallest absolute Gasteiger partial charge is 0.234 e. The van der Waals surface area contributed by atoms with Gasteiger partial charge in [0.2, 0.25) is 11.8 Å². The molecule has 0 unspecified atom stereocenters. The van der Waals surface area contributed by atoms with Gasteiger partial charge >= 0.3 is 0 Å². The van der Waals surface area contributed by atoms with Crippen LogP contribution in [0.15, 0.2) is 24.3 Å². The van der Waals surface area contributed by atoms with Crippen LogP contribution in [0.5, 0.6) is 0 Å². The molecule has 2 aliphatic rings. The molecule has 1 saturated carbocycles. The Balaban J connectivity index is 1.35. The van der Waals surface area contributed by atoms with Crippen molar-refractivity contribution in [1.29, 1.82) is 0 Å². The molecule has 0 spiro atoms. The second-order valence-electron chi connectivity index (χ2n) is 8.05. The summed E-state index contributed by atoms with van der Waals surface area (Å²) in [5.41, 5.74) is 1.64. The predicted molar refractivity (Wildman–Crippen MR) is 113 cm³/mol. The lowest BCUT2D eigenvalue weighted by Gasteiger charge is -2.41. The fraction of sp³-hybridized carbons (Fsp3) is 0.619. The Morgan fingerprint density at radius 2 is 2.00 bits per heavy atom. The van der Waals surface area contributed by atoms with Crippen molar-refractivity contribution in [1.82, 2.24) is 10.2 Å². The van der Waals surface area contributed by atoms with Crippen LogP contribution in [0.2, 0.25) is 0 Å². The Labute approximate surface area is 171 Å². The normalized spacial score (nSPS) is 18.7. The van der Waals surface area contributed by atoms with Gasteiger partial charge in [0, 0.05) is 24.3 Å². The number of aliphatic hydroxyl groups excluding tert-OH is 1. The fourth-order valence-electron chi connectivity index (χ4n) is 3.50. The molecule has 154 valence electrons. The monoisotopic (exact) mass is 405 g/mol. The molecule has 6 nitrogen and oxygen atoms in total. The topological polar surface area (TPSA) is 81.7 Å². The maximum atomic E-state index is 12.4. The van der Waals surface area contributed by atoms with Crippen molar-refractivity contribution in [2.24, 2.45) is 5.92 Å². The van der Waals surface area contributed by atoms with Gasteiger partial charge < -0.3 is 20.6 Å². The minimum Gasteiger partial charge on any atom is -0.394 e. The van der Waals surface area contributed by atoms with Crippen molar-refractivity contribution in [2.75, 3.05) is 43.1 Å². The highest BCUT2D eigenvalue weighted by Crippen LogP contribution is 2.30. The summed E-state index contributed by atoms with van der Waals surface area (Å²) < 4.78 is 0. The molecule has 1 aromatic carbocycles. The number of nitrogens with one attached hydrogen (secondary N) is 2. The van der Waals surface area contributed by atoms with Crippen LogP contribution in [0.3, 0.4) is 0 Å². The van der Waals surface area contributed by atoms with Crippen LogP contribution in [0.4, 0.5) is 5.69 Å². The standard InChI is InChI=1S/C21H31N3O3S/c1-16-3-2-4-18(11-16)23-19(26)13-28-14-20(27)24-9-7-21(15-25,8-10-24)22-12-17-5-6-17/h2-4,11,17,22,25H,5-10,12-15H2,1H3,(H,23,26). The van der Waals surface area contributed by atoms with E-state index in [0.717, 1.165) is 36.6 Å². The van der Waals surface area contributed by atoms with E-state index in [2.05, 4.69) is 10.6 Å². The van der Waals surface area contributed by atoms with Gasteiger partial charge in [-0.3, -0.25) is 9.59 Å². The molecule has 0 radical (unpaired) electrons. The number of anilines is 1.